The van der Waals surface area contributed by atoms with Crippen LogP contribution in [0.2, 0.25) is 5.02 Å². The Balaban J connectivity index is 1.71. The van der Waals surface area contributed by atoms with Crippen LogP contribution in [-0.4, -0.2) is 23.4 Å². The van der Waals surface area contributed by atoms with E-state index >= 15 is 0 Å². The van der Waals surface area contributed by atoms with E-state index in [0.29, 0.717) is 22.4 Å². The van der Waals surface area contributed by atoms with Gasteiger partial charge < -0.3 is 13.9 Å². The van der Waals surface area contributed by atoms with Crippen LogP contribution in [0.3, 0.4) is 0 Å². The van der Waals surface area contributed by atoms with Crippen molar-refractivity contribution in [2.24, 2.45) is 5.10 Å². The van der Waals surface area contributed by atoms with Crippen molar-refractivity contribution in [1.29, 1.82) is 0 Å². The van der Waals surface area contributed by atoms with Crippen LogP contribution in [0.15, 0.2) is 46.1 Å². The molecular formula is C16H15ClN2O4. The summed E-state index contributed by atoms with van der Waals surface area (Å²) in [6, 6.07) is 8.78. The summed E-state index contributed by atoms with van der Waals surface area (Å²) in [4.78, 5) is 11.7. The van der Waals surface area contributed by atoms with Crippen LogP contribution in [0.5, 0.6) is 5.75 Å². The molecule has 7 heteroatoms. The van der Waals surface area contributed by atoms with Crippen molar-refractivity contribution >= 4 is 23.4 Å². The van der Waals surface area contributed by atoms with Gasteiger partial charge in [0.05, 0.1) is 6.26 Å². The van der Waals surface area contributed by atoms with E-state index in [-0.39, 0.29) is 12.5 Å². The third-order valence-corrected chi connectivity index (χ3v) is 3.52. The Morgan fingerprint density at radius 2 is 2.26 bits per heavy atom. The molecule has 1 unspecified atom stereocenters. The van der Waals surface area contributed by atoms with Crippen molar-refractivity contribution in [3.63, 3.8) is 0 Å². The van der Waals surface area contributed by atoms with Gasteiger partial charge in [0.2, 0.25) is 11.8 Å². The number of halogens is 1. The van der Waals surface area contributed by atoms with E-state index in [2.05, 4.69) is 5.10 Å². The molecule has 1 aromatic carbocycles. The number of hydrogen-bond acceptors (Lipinski definition) is 5. The summed E-state index contributed by atoms with van der Waals surface area (Å²) in [6.07, 6.45) is 0.815. The van der Waals surface area contributed by atoms with Crippen molar-refractivity contribution in [2.75, 3.05) is 6.61 Å². The number of furan rings is 1. The normalized spacial score (nSPS) is 16.9. The summed E-state index contributed by atoms with van der Waals surface area (Å²) in [5.74, 6) is 1.23. The monoisotopic (exact) mass is 334 g/mol. The number of rotatable bonds is 4. The SMILES string of the molecule is CC(=O)N1N=C(COc2ccc(Cl)cc2C)OC1c1ccco1. The summed E-state index contributed by atoms with van der Waals surface area (Å²) in [5, 5.41) is 6.03. The van der Waals surface area contributed by atoms with Gasteiger partial charge in [-0.1, -0.05) is 11.6 Å². The molecule has 120 valence electrons. The lowest BCUT2D eigenvalue weighted by Gasteiger charge is -2.16. The van der Waals surface area contributed by atoms with E-state index in [9.17, 15) is 4.79 Å². The second-order valence-electron chi connectivity index (χ2n) is 5.04. The molecular weight excluding hydrogens is 320 g/mol. The number of hydrazone groups is 1. The zero-order valence-corrected chi connectivity index (χ0v) is 13.4. The van der Waals surface area contributed by atoms with Crippen molar-refractivity contribution in [3.05, 3.63) is 52.9 Å². The van der Waals surface area contributed by atoms with Gasteiger partial charge in [-0.2, -0.15) is 5.01 Å². The zero-order valence-electron chi connectivity index (χ0n) is 12.7. The molecule has 0 aliphatic carbocycles. The third-order valence-electron chi connectivity index (χ3n) is 3.29. The smallest absolute Gasteiger partial charge is 0.254 e. The Morgan fingerprint density at radius 3 is 2.91 bits per heavy atom. The number of amides is 1. The first-order valence-corrected chi connectivity index (χ1v) is 7.38. The number of benzene rings is 1. The van der Waals surface area contributed by atoms with Crippen LogP contribution >= 0.6 is 11.6 Å². The molecule has 23 heavy (non-hydrogen) atoms. The fourth-order valence-corrected chi connectivity index (χ4v) is 2.42. The predicted molar refractivity (Wildman–Crippen MR) is 84.2 cm³/mol. The van der Waals surface area contributed by atoms with Crippen LogP contribution in [0.4, 0.5) is 0 Å². The molecule has 2 heterocycles. The molecule has 1 aliphatic rings. The van der Waals surface area contributed by atoms with Crippen LogP contribution in [0.1, 0.15) is 24.5 Å². The van der Waals surface area contributed by atoms with Gasteiger partial charge in [0.1, 0.15) is 5.75 Å². The quantitative estimate of drug-likeness (QED) is 0.858. The summed E-state index contributed by atoms with van der Waals surface area (Å²) in [5.41, 5.74) is 0.905. The minimum Gasteiger partial charge on any atom is -0.484 e. The summed E-state index contributed by atoms with van der Waals surface area (Å²) >= 11 is 5.92. The zero-order chi connectivity index (χ0) is 16.4. The topological polar surface area (TPSA) is 64.3 Å². The number of hydrogen-bond donors (Lipinski definition) is 0. The first-order chi connectivity index (χ1) is 11.0. The number of nitrogens with zero attached hydrogens (tertiary/aromatic N) is 2. The molecule has 0 radical (unpaired) electrons. The van der Waals surface area contributed by atoms with Gasteiger partial charge in [0, 0.05) is 11.9 Å². The number of ether oxygens (including phenoxy) is 2. The average Bonchev–Trinajstić information content (AvgIpc) is 3.15. The van der Waals surface area contributed by atoms with Crippen LogP contribution in [-0.2, 0) is 9.53 Å². The van der Waals surface area contributed by atoms with Gasteiger partial charge in [-0.25, -0.2) is 0 Å². The summed E-state index contributed by atoms with van der Waals surface area (Å²) < 4.78 is 16.7. The van der Waals surface area contributed by atoms with Gasteiger partial charge in [-0.15, -0.1) is 5.10 Å². The van der Waals surface area contributed by atoms with Crippen molar-refractivity contribution in [1.82, 2.24) is 5.01 Å². The molecule has 1 aliphatic heterocycles. The second kappa shape index (κ2) is 6.34. The van der Waals surface area contributed by atoms with E-state index in [1.165, 1.54) is 18.2 Å². The summed E-state index contributed by atoms with van der Waals surface area (Å²) in [7, 11) is 0. The lowest BCUT2D eigenvalue weighted by Crippen LogP contribution is -2.24. The number of aryl methyl sites for hydroxylation is 1. The Hall–Kier alpha value is -2.47. The maximum absolute atomic E-state index is 11.7. The molecule has 1 amide bonds. The average molecular weight is 335 g/mol. The van der Waals surface area contributed by atoms with Gasteiger partial charge in [-0.05, 0) is 42.8 Å². The third kappa shape index (κ3) is 3.32. The van der Waals surface area contributed by atoms with E-state index in [0.717, 1.165) is 5.56 Å². The van der Waals surface area contributed by atoms with E-state index in [4.69, 9.17) is 25.5 Å². The molecule has 6 nitrogen and oxygen atoms in total. The second-order valence-corrected chi connectivity index (χ2v) is 5.48. The highest BCUT2D eigenvalue weighted by atomic mass is 35.5. The number of carbonyl (C=O) groups excluding carboxylic acids is 1. The number of carbonyl (C=O) groups is 1. The maximum Gasteiger partial charge on any atom is 0.254 e. The van der Waals surface area contributed by atoms with E-state index in [1.54, 1.807) is 24.3 Å². The Bertz CT molecular complexity index is 743. The predicted octanol–water partition coefficient (Wildman–Crippen LogP) is 3.51. The van der Waals surface area contributed by atoms with Crippen LogP contribution in [0, 0.1) is 6.92 Å². The maximum atomic E-state index is 11.7. The minimum atomic E-state index is -0.701. The Morgan fingerprint density at radius 1 is 1.43 bits per heavy atom. The van der Waals surface area contributed by atoms with Crippen LogP contribution in [0.25, 0.3) is 0 Å². The van der Waals surface area contributed by atoms with Gasteiger partial charge >= 0.3 is 0 Å². The van der Waals surface area contributed by atoms with E-state index < -0.39 is 6.23 Å². The highest BCUT2D eigenvalue weighted by Gasteiger charge is 2.34. The van der Waals surface area contributed by atoms with Crippen molar-refractivity contribution in [2.45, 2.75) is 20.1 Å². The van der Waals surface area contributed by atoms with Gasteiger partial charge in [-0.3, -0.25) is 4.79 Å². The minimum absolute atomic E-state index is 0.101. The molecule has 0 N–H and O–H groups in total. The van der Waals surface area contributed by atoms with Crippen molar-refractivity contribution in [3.8, 4) is 5.75 Å². The summed E-state index contributed by atoms with van der Waals surface area (Å²) in [6.45, 7) is 3.41. The highest BCUT2D eigenvalue weighted by molar-refractivity contribution is 6.30. The molecule has 0 bridgehead atoms. The molecule has 1 aromatic heterocycles. The fraction of sp³-hybridized carbons (Fsp3) is 0.250. The molecule has 2 aromatic rings. The van der Waals surface area contributed by atoms with Crippen molar-refractivity contribution < 1.29 is 18.7 Å². The Labute approximate surface area is 138 Å². The first kappa shape index (κ1) is 15.4. The molecule has 3 rings (SSSR count). The molecule has 0 saturated carbocycles. The standard InChI is InChI=1S/C16H15ClN2O4/c1-10-8-12(17)5-6-13(10)22-9-15-18-19(11(2)20)16(23-15)14-4-3-7-21-14/h3-8,16H,9H2,1-2H3. The fourth-order valence-electron chi connectivity index (χ4n) is 2.20. The highest BCUT2D eigenvalue weighted by Crippen LogP contribution is 2.29. The molecule has 0 spiro atoms. The van der Waals surface area contributed by atoms with Gasteiger partial charge in [0.15, 0.2) is 12.4 Å². The van der Waals surface area contributed by atoms with Crippen LogP contribution < -0.4 is 4.74 Å². The molecule has 0 saturated heterocycles. The first-order valence-electron chi connectivity index (χ1n) is 7.01. The van der Waals surface area contributed by atoms with Gasteiger partial charge in [0.25, 0.3) is 6.23 Å². The lowest BCUT2D eigenvalue weighted by atomic mass is 10.2. The Kier molecular flexibility index (Phi) is 4.25. The lowest BCUT2D eigenvalue weighted by molar-refractivity contribution is -0.136. The molecule has 0 fully saturated rings. The molecule has 1 atom stereocenters. The van der Waals surface area contributed by atoms with E-state index in [1.807, 2.05) is 13.0 Å². The largest absolute Gasteiger partial charge is 0.484 e.